The number of nitrogens with zero attached hydrogens (tertiary/aromatic N) is 3. The number of ether oxygens (including phenoxy) is 2. The number of halogens is 3. The van der Waals surface area contributed by atoms with Gasteiger partial charge in [0.05, 0.1) is 18.7 Å². The van der Waals surface area contributed by atoms with Gasteiger partial charge in [-0.25, -0.2) is 14.2 Å². The maximum absolute atomic E-state index is 14.3. The lowest BCUT2D eigenvalue weighted by Crippen LogP contribution is -2.17. The highest BCUT2D eigenvalue weighted by Crippen LogP contribution is 2.37. The third kappa shape index (κ3) is 5.02. The molecule has 0 fully saturated rings. The maximum Gasteiger partial charge on any atom is 0.214 e. The molecule has 0 radical (unpaired) electrons. The van der Waals surface area contributed by atoms with Crippen molar-refractivity contribution in [3.05, 3.63) is 86.1 Å². The smallest absolute Gasteiger partial charge is 0.214 e. The molecule has 0 aliphatic carbocycles. The molecule has 11 heteroatoms. The normalized spacial score (nSPS) is 10.8. The molecule has 2 heterocycles. The molecular weight excluding hydrogens is 533 g/mol. The van der Waals surface area contributed by atoms with Crippen LogP contribution in [-0.4, -0.2) is 27.0 Å². The van der Waals surface area contributed by atoms with E-state index in [4.69, 9.17) is 33.3 Å². The highest BCUT2D eigenvalue weighted by atomic mass is 79.9. The molecule has 2 aromatic carbocycles. The van der Waals surface area contributed by atoms with Gasteiger partial charge in [-0.05, 0) is 48.6 Å². The molecule has 0 aliphatic heterocycles. The highest BCUT2D eigenvalue weighted by Gasteiger charge is 2.18. The minimum Gasteiger partial charge on any atom is -0.493 e. The molecule has 0 amide bonds. The predicted octanol–water partition coefficient (Wildman–Crippen LogP) is 5.89. The number of H-pyrrole nitrogens is 1. The maximum atomic E-state index is 14.3. The first-order valence-corrected chi connectivity index (χ1v) is 11.3. The van der Waals surface area contributed by atoms with Crippen LogP contribution in [0.5, 0.6) is 11.5 Å². The number of hydrogen-bond acceptors (Lipinski definition) is 6. The molecular formula is C22H18BrClFN5O2S. The standard InChI is InChI=1S/C22H18BrClFN5O2S/c1-31-19-6-5-16(23)14(20(19)32-12-15-17(24)3-2-4-18(15)25)11-27-30-21(28-29-22(30)33)13-7-9-26-10-8-13/h2-10,27H,11-12H2,1H3,(H,29,33). The predicted molar refractivity (Wildman–Crippen MR) is 130 cm³/mol. The average molecular weight is 551 g/mol. The first-order chi connectivity index (χ1) is 16.0. The van der Waals surface area contributed by atoms with Crippen LogP contribution in [0.25, 0.3) is 11.4 Å². The SMILES string of the molecule is COc1ccc(Br)c(CNn2c(-c3ccncc3)n[nH]c2=S)c1OCc1c(F)cccc1Cl. The van der Waals surface area contributed by atoms with E-state index in [2.05, 4.69) is 36.5 Å². The second kappa shape index (κ2) is 10.3. The molecule has 33 heavy (non-hydrogen) atoms. The summed E-state index contributed by atoms with van der Waals surface area (Å²) in [5.41, 5.74) is 5.10. The van der Waals surface area contributed by atoms with Gasteiger partial charge < -0.3 is 14.9 Å². The van der Waals surface area contributed by atoms with E-state index >= 15 is 0 Å². The molecule has 0 saturated carbocycles. The number of rotatable bonds is 8. The Labute approximate surface area is 207 Å². The zero-order valence-corrected chi connectivity index (χ0v) is 20.5. The van der Waals surface area contributed by atoms with Gasteiger partial charge in [-0.3, -0.25) is 4.98 Å². The van der Waals surface area contributed by atoms with Gasteiger partial charge in [0.1, 0.15) is 12.4 Å². The molecule has 2 aromatic heterocycles. The van der Waals surface area contributed by atoms with Crippen LogP contribution in [0, 0.1) is 10.6 Å². The number of aromatic amines is 1. The molecule has 0 aliphatic rings. The lowest BCUT2D eigenvalue weighted by Gasteiger charge is -2.18. The van der Waals surface area contributed by atoms with Gasteiger partial charge >= 0.3 is 0 Å². The lowest BCUT2D eigenvalue weighted by atomic mass is 10.1. The van der Waals surface area contributed by atoms with Crippen LogP contribution in [0.4, 0.5) is 4.39 Å². The van der Waals surface area contributed by atoms with Crippen molar-refractivity contribution in [3.8, 4) is 22.9 Å². The van der Waals surface area contributed by atoms with E-state index in [9.17, 15) is 4.39 Å². The Morgan fingerprint density at radius 1 is 1.18 bits per heavy atom. The Morgan fingerprint density at radius 3 is 2.70 bits per heavy atom. The monoisotopic (exact) mass is 549 g/mol. The summed E-state index contributed by atoms with van der Waals surface area (Å²) >= 11 is 15.1. The molecule has 0 bridgehead atoms. The Hall–Kier alpha value is -2.95. The Kier molecular flexibility index (Phi) is 7.26. The largest absolute Gasteiger partial charge is 0.493 e. The number of pyridine rings is 1. The van der Waals surface area contributed by atoms with Gasteiger partial charge in [-0.15, -0.1) is 0 Å². The van der Waals surface area contributed by atoms with Crippen molar-refractivity contribution >= 4 is 39.7 Å². The molecule has 0 saturated heterocycles. The minimum absolute atomic E-state index is 0.0707. The van der Waals surface area contributed by atoms with Crippen LogP contribution in [-0.2, 0) is 13.2 Å². The summed E-state index contributed by atoms with van der Waals surface area (Å²) < 4.78 is 28.6. The van der Waals surface area contributed by atoms with E-state index in [1.807, 2.05) is 18.2 Å². The molecule has 0 spiro atoms. The van der Waals surface area contributed by atoms with Gasteiger partial charge in [-0.2, -0.15) is 5.10 Å². The average Bonchev–Trinajstić information content (AvgIpc) is 3.19. The Bertz CT molecular complexity index is 1310. The fourth-order valence-corrected chi connectivity index (χ4v) is 4.04. The van der Waals surface area contributed by atoms with E-state index in [0.717, 1.165) is 15.6 Å². The van der Waals surface area contributed by atoms with Crippen molar-refractivity contribution in [2.75, 3.05) is 12.5 Å². The van der Waals surface area contributed by atoms with Crippen molar-refractivity contribution < 1.29 is 13.9 Å². The summed E-state index contributed by atoms with van der Waals surface area (Å²) in [5, 5.41) is 7.38. The molecule has 2 N–H and O–H groups in total. The van der Waals surface area contributed by atoms with Crippen molar-refractivity contribution in [1.82, 2.24) is 19.9 Å². The van der Waals surface area contributed by atoms with E-state index in [-0.39, 0.29) is 17.2 Å². The summed E-state index contributed by atoms with van der Waals surface area (Å²) in [6.45, 7) is 0.225. The van der Waals surface area contributed by atoms with Gasteiger partial charge in [0.25, 0.3) is 0 Å². The van der Waals surface area contributed by atoms with Crippen LogP contribution in [0.3, 0.4) is 0 Å². The van der Waals surface area contributed by atoms with Gasteiger partial charge in [0.2, 0.25) is 4.77 Å². The molecule has 4 aromatic rings. The molecule has 0 unspecified atom stereocenters. The Balaban J connectivity index is 1.64. The molecule has 0 atom stereocenters. The van der Waals surface area contributed by atoms with Crippen molar-refractivity contribution in [1.29, 1.82) is 0 Å². The van der Waals surface area contributed by atoms with Crippen LogP contribution in [0.1, 0.15) is 11.1 Å². The summed E-state index contributed by atoms with van der Waals surface area (Å²) in [7, 11) is 1.54. The van der Waals surface area contributed by atoms with Crippen molar-refractivity contribution in [2.24, 2.45) is 0 Å². The van der Waals surface area contributed by atoms with E-state index in [1.165, 1.54) is 13.2 Å². The summed E-state index contributed by atoms with van der Waals surface area (Å²) in [5.74, 6) is 1.09. The fourth-order valence-electron chi connectivity index (χ4n) is 3.18. The summed E-state index contributed by atoms with van der Waals surface area (Å²) in [6, 6.07) is 11.8. The van der Waals surface area contributed by atoms with Crippen LogP contribution in [0.15, 0.2) is 59.3 Å². The number of nitrogens with one attached hydrogen (secondary N) is 2. The molecule has 170 valence electrons. The molecule has 7 nitrogen and oxygen atoms in total. The topological polar surface area (TPSA) is 77.0 Å². The van der Waals surface area contributed by atoms with Crippen molar-refractivity contribution in [2.45, 2.75) is 13.2 Å². The lowest BCUT2D eigenvalue weighted by molar-refractivity contribution is 0.276. The first-order valence-electron chi connectivity index (χ1n) is 9.72. The quantitative estimate of drug-likeness (QED) is 0.267. The second-order valence-corrected chi connectivity index (χ2v) is 8.45. The highest BCUT2D eigenvalue weighted by molar-refractivity contribution is 9.10. The van der Waals surface area contributed by atoms with Gasteiger partial charge in [-0.1, -0.05) is 33.6 Å². The number of methoxy groups -OCH3 is 1. The zero-order chi connectivity index (χ0) is 23.4. The number of aromatic nitrogens is 4. The number of hydrogen-bond donors (Lipinski definition) is 2. The summed E-state index contributed by atoms with van der Waals surface area (Å²) in [4.78, 5) is 4.03. The first kappa shape index (κ1) is 23.2. The number of benzene rings is 2. The van der Waals surface area contributed by atoms with Crippen molar-refractivity contribution in [3.63, 3.8) is 0 Å². The van der Waals surface area contributed by atoms with E-state index in [0.29, 0.717) is 28.6 Å². The van der Waals surface area contributed by atoms with Crippen LogP contribution in [0.2, 0.25) is 5.02 Å². The summed E-state index contributed by atoms with van der Waals surface area (Å²) in [6.07, 6.45) is 3.35. The van der Waals surface area contributed by atoms with E-state index in [1.54, 1.807) is 35.3 Å². The zero-order valence-electron chi connectivity index (χ0n) is 17.3. The Morgan fingerprint density at radius 2 is 1.97 bits per heavy atom. The third-order valence-electron chi connectivity index (χ3n) is 4.83. The van der Waals surface area contributed by atoms with Gasteiger partial charge in [0, 0.05) is 33.6 Å². The second-order valence-electron chi connectivity index (χ2n) is 6.80. The van der Waals surface area contributed by atoms with E-state index < -0.39 is 5.82 Å². The van der Waals surface area contributed by atoms with Crippen LogP contribution < -0.4 is 14.9 Å². The van der Waals surface area contributed by atoms with Crippen LogP contribution >= 0.6 is 39.7 Å². The third-order valence-corrected chi connectivity index (χ3v) is 6.21. The van der Waals surface area contributed by atoms with Gasteiger partial charge in [0.15, 0.2) is 17.3 Å². The molecule has 4 rings (SSSR count). The fraction of sp³-hybridized carbons (Fsp3) is 0.136. The minimum atomic E-state index is -0.442.